The number of piperidine rings is 1. The number of oxazole rings is 1. The van der Waals surface area contributed by atoms with E-state index in [9.17, 15) is 17.9 Å². The van der Waals surface area contributed by atoms with Crippen LogP contribution in [0, 0.1) is 5.82 Å². The summed E-state index contributed by atoms with van der Waals surface area (Å²) in [5, 5.41) is 17.2. The number of nitrogens with one attached hydrogen (secondary N) is 1. The first-order valence-electron chi connectivity index (χ1n) is 11.8. The number of imidazole rings is 1. The average molecular weight is 539 g/mol. The number of halogens is 1. The van der Waals surface area contributed by atoms with Crippen LogP contribution in [0.15, 0.2) is 64.6 Å². The lowest BCUT2D eigenvalue weighted by atomic mass is 10.1. The van der Waals surface area contributed by atoms with Crippen molar-refractivity contribution in [3.8, 4) is 28.4 Å². The largest absolute Gasteiger partial charge is 0.505 e. The minimum atomic E-state index is -3.72. The SMILES string of the molecule is Cn1ccc(S(=O)(=O)N2CCCC(Nc3nccc(-c4c(-c5ccc(F)c(O)c5)nc5occn45)n3)C2)n1. The lowest BCUT2D eigenvalue weighted by Gasteiger charge is -2.31. The highest BCUT2D eigenvalue weighted by molar-refractivity contribution is 7.89. The summed E-state index contributed by atoms with van der Waals surface area (Å²) >= 11 is 0. The zero-order valence-corrected chi connectivity index (χ0v) is 21.0. The Morgan fingerprint density at radius 2 is 2.05 bits per heavy atom. The van der Waals surface area contributed by atoms with Crippen molar-refractivity contribution in [3.05, 3.63) is 61.0 Å². The molecule has 5 heterocycles. The minimum absolute atomic E-state index is 0.0168. The highest BCUT2D eigenvalue weighted by Crippen LogP contribution is 2.34. The van der Waals surface area contributed by atoms with E-state index >= 15 is 0 Å². The molecule has 2 N–H and O–H groups in total. The van der Waals surface area contributed by atoms with E-state index in [0.717, 1.165) is 12.5 Å². The molecule has 6 rings (SSSR count). The van der Waals surface area contributed by atoms with Crippen LogP contribution in [0.5, 0.6) is 5.75 Å². The van der Waals surface area contributed by atoms with Gasteiger partial charge in [0.15, 0.2) is 16.6 Å². The Hall–Kier alpha value is -4.30. The monoisotopic (exact) mass is 538 g/mol. The van der Waals surface area contributed by atoms with Crippen molar-refractivity contribution in [2.45, 2.75) is 23.9 Å². The molecule has 1 aliphatic heterocycles. The molecule has 0 radical (unpaired) electrons. The first-order chi connectivity index (χ1) is 18.3. The van der Waals surface area contributed by atoms with Crippen LogP contribution < -0.4 is 5.32 Å². The van der Waals surface area contributed by atoms with Gasteiger partial charge in [0.25, 0.3) is 10.0 Å². The van der Waals surface area contributed by atoms with Crippen LogP contribution >= 0.6 is 0 Å². The smallest absolute Gasteiger partial charge is 0.306 e. The first kappa shape index (κ1) is 24.1. The second-order valence-electron chi connectivity index (χ2n) is 8.97. The molecule has 0 spiro atoms. The molecule has 1 fully saturated rings. The van der Waals surface area contributed by atoms with Crippen molar-refractivity contribution >= 4 is 21.8 Å². The summed E-state index contributed by atoms with van der Waals surface area (Å²) in [5.41, 5.74) is 1.99. The molecule has 38 heavy (non-hydrogen) atoms. The van der Waals surface area contributed by atoms with Crippen LogP contribution in [0.4, 0.5) is 10.3 Å². The predicted octanol–water partition coefficient (Wildman–Crippen LogP) is 2.89. The van der Waals surface area contributed by atoms with Crippen molar-refractivity contribution in [2.75, 3.05) is 18.4 Å². The van der Waals surface area contributed by atoms with Gasteiger partial charge in [-0.05, 0) is 43.2 Å². The number of aromatic nitrogens is 6. The van der Waals surface area contributed by atoms with Crippen molar-refractivity contribution in [3.63, 3.8) is 0 Å². The molecule has 0 amide bonds. The van der Waals surface area contributed by atoms with Crippen LogP contribution in [0.1, 0.15) is 12.8 Å². The van der Waals surface area contributed by atoms with Gasteiger partial charge < -0.3 is 14.8 Å². The van der Waals surface area contributed by atoms with Gasteiger partial charge in [-0.15, -0.1) is 0 Å². The molecule has 5 aromatic rings. The number of anilines is 1. The van der Waals surface area contributed by atoms with Crippen LogP contribution in [-0.4, -0.2) is 66.1 Å². The second kappa shape index (κ2) is 9.22. The maximum absolute atomic E-state index is 13.7. The van der Waals surface area contributed by atoms with E-state index in [-0.39, 0.29) is 17.6 Å². The zero-order chi connectivity index (χ0) is 26.4. The summed E-state index contributed by atoms with van der Waals surface area (Å²) in [6.45, 7) is 0.644. The number of rotatable bonds is 6. The molecule has 1 unspecified atom stereocenters. The fraction of sp³-hybridized carbons (Fsp3) is 0.250. The van der Waals surface area contributed by atoms with E-state index < -0.39 is 21.6 Å². The molecule has 14 heteroatoms. The van der Waals surface area contributed by atoms with Gasteiger partial charge in [0.05, 0.1) is 5.69 Å². The molecular formula is C24H23FN8O4S. The number of hydrogen-bond acceptors (Lipinski definition) is 9. The molecule has 1 atom stereocenters. The molecular weight excluding hydrogens is 515 g/mol. The molecule has 1 aliphatic rings. The summed E-state index contributed by atoms with van der Waals surface area (Å²) in [5.74, 6) is -0.616. The molecule has 12 nitrogen and oxygen atoms in total. The molecule has 4 aromatic heterocycles. The predicted molar refractivity (Wildman–Crippen MR) is 134 cm³/mol. The van der Waals surface area contributed by atoms with Crippen LogP contribution in [0.2, 0.25) is 0 Å². The van der Waals surface area contributed by atoms with Gasteiger partial charge in [0, 0.05) is 50.3 Å². The third-order valence-corrected chi connectivity index (χ3v) is 8.15. The van der Waals surface area contributed by atoms with Gasteiger partial charge in [0.2, 0.25) is 5.95 Å². The van der Waals surface area contributed by atoms with E-state index in [1.165, 1.54) is 33.4 Å². The van der Waals surface area contributed by atoms with E-state index in [1.54, 1.807) is 36.1 Å². The first-order valence-corrected chi connectivity index (χ1v) is 13.3. The van der Waals surface area contributed by atoms with Crippen molar-refractivity contribution < 1.29 is 22.3 Å². The Morgan fingerprint density at radius 3 is 2.84 bits per heavy atom. The van der Waals surface area contributed by atoms with E-state index in [4.69, 9.17) is 4.42 Å². The Kier molecular flexibility index (Phi) is 5.84. The van der Waals surface area contributed by atoms with Gasteiger partial charge in [-0.25, -0.2) is 22.8 Å². The zero-order valence-electron chi connectivity index (χ0n) is 20.2. The Labute approximate surface area is 216 Å². The summed E-state index contributed by atoms with van der Waals surface area (Å²) < 4.78 is 49.8. The molecule has 1 saturated heterocycles. The van der Waals surface area contributed by atoms with E-state index in [1.807, 2.05) is 0 Å². The number of benzene rings is 1. The second-order valence-corrected chi connectivity index (χ2v) is 10.9. The third kappa shape index (κ3) is 4.26. The van der Waals surface area contributed by atoms with Crippen LogP contribution in [-0.2, 0) is 17.1 Å². The number of nitrogens with zero attached hydrogens (tertiary/aromatic N) is 7. The number of aryl methyl sites for hydroxylation is 1. The lowest BCUT2D eigenvalue weighted by Crippen LogP contribution is -2.45. The Bertz CT molecular complexity index is 1750. The van der Waals surface area contributed by atoms with Gasteiger partial charge >= 0.3 is 5.84 Å². The lowest BCUT2D eigenvalue weighted by molar-refractivity contribution is 0.325. The number of phenols is 1. The van der Waals surface area contributed by atoms with Crippen LogP contribution in [0.3, 0.4) is 0 Å². The van der Waals surface area contributed by atoms with Gasteiger partial charge in [-0.3, -0.25) is 9.08 Å². The topological polar surface area (TPSA) is 144 Å². The summed E-state index contributed by atoms with van der Waals surface area (Å²) in [4.78, 5) is 13.5. The Balaban J connectivity index is 1.29. The highest BCUT2D eigenvalue weighted by Gasteiger charge is 2.32. The number of fused-ring (bicyclic) bond motifs is 1. The van der Waals surface area contributed by atoms with E-state index in [2.05, 4.69) is 25.4 Å². The fourth-order valence-electron chi connectivity index (χ4n) is 4.58. The van der Waals surface area contributed by atoms with Gasteiger partial charge in [-0.1, -0.05) is 0 Å². The molecule has 196 valence electrons. The quantitative estimate of drug-likeness (QED) is 0.333. The van der Waals surface area contributed by atoms with E-state index in [0.29, 0.717) is 47.4 Å². The third-order valence-electron chi connectivity index (χ3n) is 6.39. The van der Waals surface area contributed by atoms with Crippen molar-refractivity contribution in [1.82, 2.24) is 33.4 Å². The number of phenolic OH excluding ortho intramolecular Hbond substituents is 1. The average Bonchev–Trinajstić information content (AvgIpc) is 3.62. The summed E-state index contributed by atoms with van der Waals surface area (Å²) in [6, 6.07) is 6.94. The summed E-state index contributed by atoms with van der Waals surface area (Å²) in [6.07, 6.45) is 7.75. The fourth-order valence-corrected chi connectivity index (χ4v) is 6.05. The highest BCUT2D eigenvalue weighted by atomic mass is 32.2. The molecule has 1 aromatic carbocycles. The van der Waals surface area contributed by atoms with Crippen LogP contribution in [0.25, 0.3) is 28.5 Å². The number of hydrogen-bond donors (Lipinski definition) is 2. The van der Waals surface area contributed by atoms with Gasteiger partial charge in [0.1, 0.15) is 17.7 Å². The van der Waals surface area contributed by atoms with Crippen molar-refractivity contribution in [2.24, 2.45) is 7.05 Å². The normalized spacial score (nSPS) is 16.7. The summed E-state index contributed by atoms with van der Waals surface area (Å²) in [7, 11) is -2.05. The molecule has 0 bridgehead atoms. The standard InChI is InChI=1S/C24H23FN8O4S/c1-31-10-7-20(30-31)38(35,36)32-9-2-3-16(14-32)27-23-26-8-6-18(28-23)22-21(29-24-33(22)11-12-37-24)15-4-5-17(25)19(34)13-15/h4-8,10-13,16,34H,2-3,9,14H2,1H3,(H,26,27,28). The number of sulfonamides is 1. The Morgan fingerprint density at radius 1 is 1.18 bits per heavy atom. The number of aromatic hydroxyl groups is 1. The van der Waals surface area contributed by atoms with Gasteiger partial charge in [-0.2, -0.15) is 14.4 Å². The van der Waals surface area contributed by atoms with Crippen molar-refractivity contribution in [1.29, 1.82) is 0 Å². The minimum Gasteiger partial charge on any atom is -0.505 e. The molecule has 0 saturated carbocycles. The maximum atomic E-state index is 13.7. The maximum Gasteiger partial charge on any atom is 0.306 e. The molecule has 0 aliphatic carbocycles.